The number of amides is 1. The van der Waals surface area contributed by atoms with Crippen molar-refractivity contribution in [1.29, 1.82) is 0 Å². The topological polar surface area (TPSA) is 42.0 Å². The maximum absolute atomic E-state index is 11.7. The maximum Gasteiger partial charge on any atom is 0.271 e. The Morgan fingerprint density at radius 1 is 1.80 bits per heavy atom. The predicted octanol–water partition coefficient (Wildman–Crippen LogP) is 1.99. The van der Waals surface area contributed by atoms with Crippen molar-refractivity contribution in [3.63, 3.8) is 0 Å². The van der Waals surface area contributed by atoms with Gasteiger partial charge in [0.25, 0.3) is 5.91 Å². The lowest BCUT2D eigenvalue weighted by Gasteiger charge is -2.10. The third kappa shape index (κ3) is 3.37. The Kier molecular flexibility index (Phi) is 4.32. The number of hydrogen-bond donors (Lipinski definition) is 1. The fourth-order valence-electron chi connectivity index (χ4n) is 1.07. The van der Waals surface area contributed by atoms with E-state index in [2.05, 4.69) is 32.2 Å². The lowest BCUT2D eigenvalue weighted by molar-refractivity contribution is 0.0935. The fourth-order valence-corrected chi connectivity index (χ4v) is 1.51. The molecular weight excluding hydrogens is 256 g/mol. The largest absolute Gasteiger partial charge is 0.347 e. The highest BCUT2D eigenvalue weighted by Gasteiger charge is 2.12. The smallest absolute Gasteiger partial charge is 0.271 e. The van der Waals surface area contributed by atoms with Crippen LogP contribution in [-0.2, 0) is 0 Å². The van der Waals surface area contributed by atoms with Crippen LogP contribution in [0.2, 0.25) is 0 Å². The van der Waals surface area contributed by atoms with Gasteiger partial charge in [-0.05, 0) is 35.0 Å². The molecule has 0 radical (unpaired) electrons. The summed E-state index contributed by atoms with van der Waals surface area (Å²) in [6, 6.07) is 3.48. The molecule has 1 unspecified atom stereocenters. The van der Waals surface area contributed by atoms with Crippen molar-refractivity contribution in [2.75, 3.05) is 0 Å². The van der Waals surface area contributed by atoms with Crippen LogP contribution in [-0.4, -0.2) is 16.9 Å². The molecule has 0 saturated carbocycles. The molecule has 3 nitrogen and oxygen atoms in total. The van der Waals surface area contributed by atoms with Crippen LogP contribution < -0.4 is 5.32 Å². The zero-order valence-electron chi connectivity index (χ0n) is 8.33. The number of nitrogens with zero attached hydrogens (tertiary/aromatic N) is 1. The zero-order valence-corrected chi connectivity index (χ0v) is 9.91. The second-order valence-electron chi connectivity index (χ2n) is 3.12. The Bertz CT molecular complexity index is 398. The highest BCUT2D eigenvalue weighted by atomic mass is 79.9. The molecule has 0 bridgehead atoms. The van der Waals surface area contributed by atoms with E-state index in [1.807, 2.05) is 6.92 Å². The van der Waals surface area contributed by atoms with Gasteiger partial charge in [0.2, 0.25) is 0 Å². The molecular formula is C11H11BrN2O. The van der Waals surface area contributed by atoms with E-state index in [9.17, 15) is 4.79 Å². The summed E-state index contributed by atoms with van der Waals surface area (Å²) in [6.07, 6.45) is 7.23. The predicted molar refractivity (Wildman–Crippen MR) is 62.3 cm³/mol. The number of terminal acetylenes is 1. The first-order valence-electron chi connectivity index (χ1n) is 4.50. The molecule has 78 valence electrons. The summed E-state index contributed by atoms with van der Waals surface area (Å²) >= 11 is 3.26. The second-order valence-corrected chi connectivity index (χ2v) is 3.97. The van der Waals surface area contributed by atoms with Gasteiger partial charge < -0.3 is 5.32 Å². The molecule has 0 saturated heterocycles. The lowest BCUT2D eigenvalue weighted by atomic mass is 10.2. The van der Waals surface area contributed by atoms with E-state index >= 15 is 0 Å². The van der Waals surface area contributed by atoms with Crippen molar-refractivity contribution in [2.24, 2.45) is 0 Å². The molecule has 4 heteroatoms. The molecule has 1 N–H and O–H groups in total. The number of hydrogen-bond acceptors (Lipinski definition) is 2. The SMILES string of the molecule is C#CCC(C)NC(=O)c1ncccc1Br. The first kappa shape index (κ1) is 11.7. The van der Waals surface area contributed by atoms with Crippen LogP contribution in [0.4, 0.5) is 0 Å². The van der Waals surface area contributed by atoms with E-state index in [1.165, 1.54) is 0 Å². The van der Waals surface area contributed by atoms with Crippen molar-refractivity contribution in [2.45, 2.75) is 19.4 Å². The number of carbonyl (C=O) groups excluding carboxylic acids is 1. The Hall–Kier alpha value is -1.34. The first-order chi connectivity index (χ1) is 7.15. The number of aromatic nitrogens is 1. The summed E-state index contributed by atoms with van der Waals surface area (Å²) in [6.45, 7) is 1.86. The molecule has 1 heterocycles. The van der Waals surface area contributed by atoms with Crippen molar-refractivity contribution >= 4 is 21.8 Å². The van der Waals surface area contributed by atoms with Gasteiger partial charge in [0.1, 0.15) is 5.69 Å². The minimum atomic E-state index is -0.217. The monoisotopic (exact) mass is 266 g/mol. The van der Waals surface area contributed by atoms with E-state index in [4.69, 9.17) is 6.42 Å². The fraction of sp³-hybridized carbons (Fsp3) is 0.273. The molecule has 0 aliphatic carbocycles. The van der Waals surface area contributed by atoms with Crippen LogP contribution in [0.15, 0.2) is 22.8 Å². The second kappa shape index (κ2) is 5.52. The summed E-state index contributed by atoms with van der Waals surface area (Å²) in [5, 5.41) is 2.76. The number of carbonyl (C=O) groups is 1. The van der Waals surface area contributed by atoms with Gasteiger partial charge >= 0.3 is 0 Å². The first-order valence-corrected chi connectivity index (χ1v) is 5.29. The molecule has 0 aliphatic rings. The van der Waals surface area contributed by atoms with Crippen LogP contribution in [0.5, 0.6) is 0 Å². The average Bonchev–Trinajstić information content (AvgIpc) is 2.18. The van der Waals surface area contributed by atoms with Crippen LogP contribution in [0.1, 0.15) is 23.8 Å². The molecule has 1 aromatic heterocycles. The van der Waals surface area contributed by atoms with Crippen LogP contribution in [0.3, 0.4) is 0 Å². The molecule has 1 rings (SSSR count). The van der Waals surface area contributed by atoms with Crippen molar-refractivity contribution in [3.05, 3.63) is 28.5 Å². The Labute approximate surface area is 97.4 Å². The van der Waals surface area contributed by atoms with E-state index in [0.717, 1.165) is 0 Å². The van der Waals surface area contributed by atoms with E-state index in [-0.39, 0.29) is 11.9 Å². The highest BCUT2D eigenvalue weighted by Crippen LogP contribution is 2.13. The Morgan fingerprint density at radius 2 is 2.53 bits per heavy atom. The lowest BCUT2D eigenvalue weighted by Crippen LogP contribution is -2.32. The van der Waals surface area contributed by atoms with Crippen LogP contribution in [0.25, 0.3) is 0 Å². The number of halogens is 1. The molecule has 15 heavy (non-hydrogen) atoms. The Morgan fingerprint density at radius 3 is 3.13 bits per heavy atom. The summed E-state index contributed by atoms with van der Waals surface area (Å²) in [7, 11) is 0. The van der Waals surface area contributed by atoms with Gasteiger partial charge in [0, 0.05) is 23.1 Å². The van der Waals surface area contributed by atoms with E-state index < -0.39 is 0 Å². The van der Waals surface area contributed by atoms with E-state index in [0.29, 0.717) is 16.6 Å². The molecule has 1 atom stereocenters. The van der Waals surface area contributed by atoms with Gasteiger partial charge in [-0.3, -0.25) is 4.79 Å². The average molecular weight is 267 g/mol. The summed E-state index contributed by atoms with van der Waals surface area (Å²) in [5.74, 6) is 2.27. The number of nitrogens with one attached hydrogen (secondary N) is 1. The third-order valence-electron chi connectivity index (χ3n) is 1.78. The Balaban J connectivity index is 2.70. The molecule has 0 spiro atoms. The quantitative estimate of drug-likeness (QED) is 0.851. The van der Waals surface area contributed by atoms with Crippen LogP contribution in [0, 0.1) is 12.3 Å². The molecule has 1 aromatic rings. The van der Waals surface area contributed by atoms with Crippen LogP contribution >= 0.6 is 15.9 Å². The standard InChI is InChI=1S/C11H11BrN2O/c1-3-5-8(2)14-11(15)10-9(12)6-4-7-13-10/h1,4,6-8H,5H2,2H3,(H,14,15). The summed E-state index contributed by atoms with van der Waals surface area (Å²) in [5.41, 5.74) is 0.376. The molecule has 1 amide bonds. The third-order valence-corrected chi connectivity index (χ3v) is 2.41. The van der Waals surface area contributed by atoms with Crippen molar-refractivity contribution < 1.29 is 4.79 Å². The van der Waals surface area contributed by atoms with Gasteiger partial charge in [0.15, 0.2) is 0 Å². The van der Waals surface area contributed by atoms with Gasteiger partial charge in [0.05, 0.1) is 0 Å². The highest BCUT2D eigenvalue weighted by molar-refractivity contribution is 9.10. The maximum atomic E-state index is 11.7. The number of rotatable bonds is 3. The van der Waals surface area contributed by atoms with Gasteiger partial charge in [-0.25, -0.2) is 4.98 Å². The minimum absolute atomic E-state index is 0.0450. The van der Waals surface area contributed by atoms with Gasteiger partial charge in [-0.15, -0.1) is 12.3 Å². The zero-order chi connectivity index (χ0) is 11.3. The summed E-state index contributed by atoms with van der Waals surface area (Å²) < 4.78 is 0.676. The number of pyridine rings is 1. The van der Waals surface area contributed by atoms with E-state index in [1.54, 1.807) is 18.3 Å². The van der Waals surface area contributed by atoms with Crippen molar-refractivity contribution in [1.82, 2.24) is 10.3 Å². The van der Waals surface area contributed by atoms with Gasteiger partial charge in [-0.2, -0.15) is 0 Å². The molecule has 0 fully saturated rings. The summed E-state index contributed by atoms with van der Waals surface area (Å²) in [4.78, 5) is 15.7. The normalized spacial score (nSPS) is 11.5. The molecule has 0 aliphatic heterocycles. The van der Waals surface area contributed by atoms with Gasteiger partial charge in [-0.1, -0.05) is 0 Å². The minimum Gasteiger partial charge on any atom is -0.347 e. The molecule has 0 aromatic carbocycles. The van der Waals surface area contributed by atoms with Crippen molar-refractivity contribution in [3.8, 4) is 12.3 Å².